The highest BCUT2D eigenvalue weighted by Crippen LogP contribution is 2.11. The maximum atomic E-state index is 8.64. The fourth-order valence-electron chi connectivity index (χ4n) is 1.20. The predicted molar refractivity (Wildman–Crippen MR) is 78.6 cm³/mol. The molecule has 0 bridgehead atoms. The Morgan fingerprint density at radius 2 is 1.89 bits per heavy atom. The van der Waals surface area contributed by atoms with Crippen LogP contribution in [0.1, 0.15) is 20.8 Å². The summed E-state index contributed by atoms with van der Waals surface area (Å²) in [4.78, 5) is 0. The fourth-order valence-corrected chi connectivity index (χ4v) is 1.50. The molecule has 0 fully saturated rings. The van der Waals surface area contributed by atoms with Crippen LogP contribution in [0.4, 0.5) is 0 Å². The van der Waals surface area contributed by atoms with Gasteiger partial charge in [-0.1, -0.05) is 24.3 Å². The van der Waals surface area contributed by atoms with Crippen LogP contribution in [0.15, 0.2) is 47.1 Å². The van der Waals surface area contributed by atoms with Crippen LogP contribution in [0.2, 0.25) is 0 Å². The molecule has 0 aliphatic rings. The Morgan fingerprint density at radius 3 is 2.37 bits per heavy atom. The average molecular weight is 282 g/mol. The maximum absolute atomic E-state index is 8.64. The molecule has 0 spiro atoms. The SMILES string of the molecule is C=C(/C=C/C(OCC)OCC)/C=C(Cl)\C=C(/C)C#N. The summed E-state index contributed by atoms with van der Waals surface area (Å²) in [6.45, 7) is 10.5. The maximum Gasteiger partial charge on any atom is 0.177 e. The summed E-state index contributed by atoms with van der Waals surface area (Å²) in [5.74, 6) is 0. The minimum Gasteiger partial charge on any atom is -0.349 e. The van der Waals surface area contributed by atoms with Crippen LogP contribution >= 0.6 is 11.6 Å². The fraction of sp³-hybridized carbons (Fsp3) is 0.400. The smallest absolute Gasteiger partial charge is 0.177 e. The van der Waals surface area contributed by atoms with Crippen LogP contribution in [-0.4, -0.2) is 19.5 Å². The minimum absolute atomic E-state index is 0.379. The third-order valence-corrected chi connectivity index (χ3v) is 2.20. The molecule has 0 saturated carbocycles. The molecule has 0 unspecified atom stereocenters. The Bertz CT molecular complexity index is 410. The quantitative estimate of drug-likeness (QED) is 0.382. The van der Waals surface area contributed by atoms with Gasteiger partial charge in [0, 0.05) is 23.8 Å². The molecule has 19 heavy (non-hydrogen) atoms. The van der Waals surface area contributed by atoms with Crippen LogP contribution in [-0.2, 0) is 9.47 Å². The highest BCUT2D eigenvalue weighted by atomic mass is 35.5. The molecule has 0 aromatic heterocycles. The zero-order chi connectivity index (χ0) is 14.7. The van der Waals surface area contributed by atoms with E-state index in [-0.39, 0.29) is 6.29 Å². The van der Waals surface area contributed by atoms with Crippen molar-refractivity contribution >= 4 is 11.6 Å². The predicted octanol–water partition coefficient (Wildman–Crippen LogP) is 4.09. The van der Waals surface area contributed by atoms with Crippen molar-refractivity contribution in [2.75, 3.05) is 13.2 Å². The summed E-state index contributed by atoms with van der Waals surface area (Å²) in [5, 5.41) is 9.09. The molecule has 0 saturated heterocycles. The molecule has 3 nitrogen and oxygen atoms in total. The first-order valence-corrected chi connectivity index (χ1v) is 6.47. The second kappa shape index (κ2) is 10.6. The Balaban J connectivity index is 4.59. The molecule has 0 aromatic rings. The highest BCUT2D eigenvalue weighted by molar-refractivity contribution is 6.31. The van der Waals surface area contributed by atoms with Crippen LogP contribution in [0, 0.1) is 11.3 Å². The van der Waals surface area contributed by atoms with Crippen LogP contribution in [0.5, 0.6) is 0 Å². The van der Waals surface area contributed by atoms with Crippen molar-refractivity contribution in [3.8, 4) is 6.07 Å². The van der Waals surface area contributed by atoms with Crippen LogP contribution in [0.25, 0.3) is 0 Å². The van der Waals surface area contributed by atoms with E-state index in [4.69, 9.17) is 26.3 Å². The van der Waals surface area contributed by atoms with Crippen LogP contribution < -0.4 is 0 Å². The first-order valence-electron chi connectivity index (χ1n) is 6.09. The molecule has 0 N–H and O–H groups in total. The van der Waals surface area contributed by atoms with E-state index in [0.717, 1.165) is 0 Å². The number of hydrogen-bond acceptors (Lipinski definition) is 3. The van der Waals surface area contributed by atoms with Crippen molar-refractivity contribution in [2.45, 2.75) is 27.1 Å². The van der Waals surface area contributed by atoms with Gasteiger partial charge in [0.15, 0.2) is 6.29 Å². The van der Waals surface area contributed by atoms with Crippen molar-refractivity contribution < 1.29 is 9.47 Å². The molecular weight excluding hydrogens is 262 g/mol. The Morgan fingerprint density at radius 1 is 1.32 bits per heavy atom. The summed E-state index contributed by atoms with van der Waals surface area (Å²) in [7, 11) is 0. The van der Waals surface area contributed by atoms with E-state index in [1.54, 1.807) is 31.2 Å². The molecule has 0 rings (SSSR count). The minimum atomic E-state index is -0.379. The van der Waals surface area contributed by atoms with E-state index in [1.807, 2.05) is 19.9 Å². The lowest BCUT2D eigenvalue weighted by Gasteiger charge is -2.12. The van der Waals surface area contributed by atoms with E-state index >= 15 is 0 Å². The Kier molecular flexibility index (Phi) is 9.82. The third kappa shape index (κ3) is 9.26. The Hall–Kier alpha value is -1.34. The summed E-state index contributed by atoms with van der Waals surface area (Å²) >= 11 is 5.96. The van der Waals surface area contributed by atoms with Crippen LogP contribution in [0.3, 0.4) is 0 Å². The van der Waals surface area contributed by atoms with Gasteiger partial charge < -0.3 is 9.47 Å². The molecule has 0 aliphatic heterocycles. The largest absolute Gasteiger partial charge is 0.349 e. The molecular formula is C15H20ClNO2. The van der Waals surface area contributed by atoms with Gasteiger partial charge in [-0.25, -0.2) is 0 Å². The molecule has 0 radical (unpaired) electrons. The van der Waals surface area contributed by atoms with Gasteiger partial charge in [0.05, 0.1) is 6.07 Å². The van der Waals surface area contributed by atoms with Crippen molar-refractivity contribution in [3.05, 3.63) is 47.1 Å². The first-order chi connectivity index (χ1) is 9.03. The van der Waals surface area contributed by atoms with E-state index < -0.39 is 0 Å². The molecule has 0 aromatic carbocycles. The number of nitriles is 1. The highest BCUT2D eigenvalue weighted by Gasteiger charge is 2.01. The number of allylic oxidation sites excluding steroid dienone is 6. The van der Waals surface area contributed by atoms with Gasteiger partial charge in [0.25, 0.3) is 0 Å². The van der Waals surface area contributed by atoms with E-state index in [1.165, 1.54) is 0 Å². The van der Waals surface area contributed by atoms with Gasteiger partial charge >= 0.3 is 0 Å². The second-order valence-electron chi connectivity index (χ2n) is 3.68. The number of halogens is 1. The average Bonchev–Trinajstić information content (AvgIpc) is 2.36. The lowest BCUT2D eigenvalue weighted by atomic mass is 10.2. The molecule has 4 heteroatoms. The van der Waals surface area contributed by atoms with Gasteiger partial charge in [-0.2, -0.15) is 5.26 Å². The lowest BCUT2D eigenvalue weighted by molar-refractivity contribution is -0.103. The van der Waals surface area contributed by atoms with Gasteiger partial charge in [-0.15, -0.1) is 0 Å². The Labute approximate surface area is 120 Å². The number of nitrogens with zero attached hydrogens (tertiary/aromatic N) is 1. The molecule has 0 aliphatic carbocycles. The van der Waals surface area contributed by atoms with E-state index in [2.05, 4.69) is 6.58 Å². The van der Waals surface area contributed by atoms with E-state index in [9.17, 15) is 0 Å². The summed E-state index contributed by atoms with van der Waals surface area (Å²) < 4.78 is 10.7. The van der Waals surface area contributed by atoms with Crippen molar-refractivity contribution in [1.29, 1.82) is 5.26 Å². The summed E-state index contributed by atoms with van der Waals surface area (Å²) in [6, 6.07) is 2.00. The summed E-state index contributed by atoms with van der Waals surface area (Å²) in [6.07, 6.45) is 6.43. The molecule has 0 amide bonds. The molecule has 0 atom stereocenters. The van der Waals surface area contributed by atoms with Gasteiger partial charge in [-0.3, -0.25) is 0 Å². The van der Waals surface area contributed by atoms with Gasteiger partial charge in [0.1, 0.15) is 0 Å². The zero-order valence-corrected chi connectivity index (χ0v) is 12.4. The topological polar surface area (TPSA) is 42.2 Å². The third-order valence-electron chi connectivity index (χ3n) is 1.98. The van der Waals surface area contributed by atoms with E-state index in [0.29, 0.717) is 29.4 Å². The second-order valence-corrected chi connectivity index (χ2v) is 4.12. The number of hydrogen-bond donors (Lipinski definition) is 0. The van der Waals surface area contributed by atoms with Gasteiger partial charge in [-0.05, 0) is 44.6 Å². The van der Waals surface area contributed by atoms with Crippen molar-refractivity contribution in [1.82, 2.24) is 0 Å². The zero-order valence-electron chi connectivity index (χ0n) is 11.6. The van der Waals surface area contributed by atoms with Crippen molar-refractivity contribution in [2.24, 2.45) is 0 Å². The monoisotopic (exact) mass is 281 g/mol. The van der Waals surface area contributed by atoms with Gasteiger partial charge in [0.2, 0.25) is 0 Å². The summed E-state index contributed by atoms with van der Waals surface area (Å²) in [5.41, 5.74) is 1.25. The lowest BCUT2D eigenvalue weighted by Crippen LogP contribution is -2.14. The standard InChI is InChI=1S/C15H20ClNO2/c1-5-18-15(19-6-2)8-7-12(3)9-14(16)10-13(4)11-17/h7-10,15H,3,5-6H2,1-2,4H3/b8-7+,13-10+,14-9+. The molecule has 0 heterocycles. The number of ether oxygens (including phenoxy) is 2. The normalized spacial score (nSPS) is 13.1. The number of rotatable bonds is 8. The first kappa shape index (κ1) is 17.7. The molecule has 104 valence electrons. The van der Waals surface area contributed by atoms with Crippen molar-refractivity contribution in [3.63, 3.8) is 0 Å².